The van der Waals surface area contributed by atoms with Gasteiger partial charge in [0.2, 0.25) is 0 Å². The SMILES string of the molecule is COc1ccccc1CC(C)NC(C)CCSC. The van der Waals surface area contributed by atoms with Crippen molar-refractivity contribution in [3.8, 4) is 5.75 Å². The second-order valence-corrected chi connectivity index (χ2v) is 5.75. The molecular formula is C15H25NOS. The summed E-state index contributed by atoms with van der Waals surface area (Å²) in [4.78, 5) is 0. The van der Waals surface area contributed by atoms with Gasteiger partial charge in [0.15, 0.2) is 0 Å². The summed E-state index contributed by atoms with van der Waals surface area (Å²) in [6, 6.07) is 9.30. The number of rotatable bonds is 8. The highest BCUT2D eigenvalue weighted by Crippen LogP contribution is 2.19. The van der Waals surface area contributed by atoms with Crippen LogP contribution in [0.1, 0.15) is 25.8 Å². The molecule has 0 aliphatic heterocycles. The summed E-state index contributed by atoms with van der Waals surface area (Å²) in [5.41, 5.74) is 1.28. The first-order chi connectivity index (χ1) is 8.67. The Hall–Kier alpha value is -0.670. The van der Waals surface area contributed by atoms with Crippen LogP contribution < -0.4 is 10.1 Å². The number of ether oxygens (including phenoxy) is 1. The zero-order chi connectivity index (χ0) is 13.4. The van der Waals surface area contributed by atoms with Gasteiger partial charge in [-0.15, -0.1) is 0 Å². The average molecular weight is 267 g/mol. The van der Waals surface area contributed by atoms with E-state index in [0.717, 1.165) is 12.2 Å². The van der Waals surface area contributed by atoms with Gasteiger partial charge < -0.3 is 10.1 Å². The average Bonchev–Trinajstić information content (AvgIpc) is 2.36. The molecule has 0 aliphatic carbocycles. The highest BCUT2D eigenvalue weighted by Gasteiger charge is 2.10. The quantitative estimate of drug-likeness (QED) is 0.780. The molecule has 18 heavy (non-hydrogen) atoms. The topological polar surface area (TPSA) is 21.3 Å². The lowest BCUT2D eigenvalue weighted by atomic mass is 10.1. The van der Waals surface area contributed by atoms with Crippen LogP contribution in [0.4, 0.5) is 0 Å². The highest BCUT2D eigenvalue weighted by molar-refractivity contribution is 7.98. The molecule has 3 heteroatoms. The maximum atomic E-state index is 5.38. The van der Waals surface area contributed by atoms with Crippen molar-refractivity contribution in [2.75, 3.05) is 19.1 Å². The summed E-state index contributed by atoms with van der Waals surface area (Å²) < 4.78 is 5.38. The number of para-hydroxylation sites is 1. The summed E-state index contributed by atoms with van der Waals surface area (Å²) in [7, 11) is 1.73. The Morgan fingerprint density at radius 3 is 2.61 bits per heavy atom. The summed E-state index contributed by atoms with van der Waals surface area (Å²) in [5, 5.41) is 3.65. The smallest absolute Gasteiger partial charge is 0.122 e. The van der Waals surface area contributed by atoms with Gasteiger partial charge >= 0.3 is 0 Å². The molecule has 2 nitrogen and oxygen atoms in total. The van der Waals surface area contributed by atoms with Crippen molar-refractivity contribution in [3.63, 3.8) is 0 Å². The molecule has 1 N–H and O–H groups in total. The van der Waals surface area contributed by atoms with Crippen molar-refractivity contribution in [2.45, 2.75) is 38.8 Å². The third-order valence-electron chi connectivity index (χ3n) is 3.04. The van der Waals surface area contributed by atoms with Crippen LogP contribution in [-0.2, 0) is 6.42 Å². The Morgan fingerprint density at radius 2 is 1.94 bits per heavy atom. The van der Waals surface area contributed by atoms with E-state index < -0.39 is 0 Å². The van der Waals surface area contributed by atoms with E-state index in [1.165, 1.54) is 17.7 Å². The van der Waals surface area contributed by atoms with Gasteiger partial charge in [0.25, 0.3) is 0 Å². The molecule has 0 fully saturated rings. The Balaban J connectivity index is 2.46. The van der Waals surface area contributed by atoms with E-state index in [1.54, 1.807) is 7.11 Å². The molecule has 0 aromatic heterocycles. The molecule has 0 radical (unpaired) electrons. The van der Waals surface area contributed by atoms with Gasteiger partial charge in [-0.2, -0.15) is 11.8 Å². The normalized spacial score (nSPS) is 14.2. The molecule has 0 saturated carbocycles. The van der Waals surface area contributed by atoms with Crippen molar-refractivity contribution in [1.29, 1.82) is 0 Å². The van der Waals surface area contributed by atoms with Gasteiger partial charge in [-0.1, -0.05) is 18.2 Å². The molecule has 0 amide bonds. The van der Waals surface area contributed by atoms with Crippen molar-refractivity contribution in [2.24, 2.45) is 0 Å². The van der Waals surface area contributed by atoms with E-state index in [0.29, 0.717) is 12.1 Å². The van der Waals surface area contributed by atoms with E-state index in [2.05, 4.69) is 37.6 Å². The van der Waals surface area contributed by atoms with Crippen LogP contribution in [0.3, 0.4) is 0 Å². The van der Waals surface area contributed by atoms with Crippen LogP contribution in [-0.4, -0.2) is 31.2 Å². The van der Waals surface area contributed by atoms with Gasteiger partial charge in [0, 0.05) is 12.1 Å². The molecule has 1 aromatic carbocycles. The number of hydrogen-bond donors (Lipinski definition) is 1. The first-order valence-corrected chi connectivity index (χ1v) is 7.93. The van der Waals surface area contributed by atoms with Gasteiger partial charge in [-0.05, 0) is 50.3 Å². The molecule has 102 valence electrons. The van der Waals surface area contributed by atoms with Crippen LogP contribution in [0.5, 0.6) is 5.75 Å². The first kappa shape index (κ1) is 15.4. The fraction of sp³-hybridized carbons (Fsp3) is 0.600. The van der Waals surface area contributed by atoms with Crippen LogP contribution >= 0.6 is 11.8 Å². The van der Waals surface area contributed by atoms with E-state index in [9.17, 15) is 0 Å². The van der Waals surface area contributed by atoms with E-state index >= 15 is 0 Å². The number of nitrogens with one attached hydrogen (secondary N) is 1. The molecule has 2 atom stereocenters. The Morgan fingerprint density at radius 1 is 1.22 bits per heavy atom. The van der Waals surface area contributed by atoms with Crippen LogP contribution in [0.15, 0.2) is 24.3 Å². The number of methoxy groups -OCH3 is 1. The summed E-state index contributed by atoms with van der Waals surface area (Å²) >= 11 is 1.91. The molecule has 2 unspecified atom stereocenters. The highest BCUT2D eigenvalue weighted by atomic mass is 32.2. The minimum Gasteiger partial charge on any atom is -0.496 e. The second-order valence-electron chi connectivity index (χ2n) is 4.77. The van der Waals surface area contributed by atoms with E-state index in [-0.39, 0.29) is 0 Å². The van der Waals surface area contributed by atoms with Crippen LogP contribution in [0, 0.1) is 0 Å². The summed E-state index contributed by atoms with van der Waals surface area (Å²) in [5.74, 6) is 2.21. The fourth-order valence-corrected chi connectivity index (χ4v) is 2.71. The minimum atomic E-state index is 0.471. The molecular weight excluding hydrogens is 242 g/mol. The van der Waals surface area contributed by atoms with Crippen molar-refractivity contribution >= 4 is 11.8 Å². The predicted octanol–water partition coefficient (Wildman–Crippen LogP) is 3.36. The predicted molar refractivity (Wildman–Crippen MR) is 81.8 cm³/mol. The van der Waals surface area contributed by atoms with Gasteiger partial charge in [-0.25, -0.2) is 0 Å². The van der Waals surface area contributed by atoms with Gasteiger partial charge in [0.05, 0.1) is 7.11 Å². The standard InChI is InChI=1S/C15H25NOS/c1-12(9-10-18-4)16-13(2)11-14-7-5-6-8-15(14)17-3/h5-8,12-13,16H,9-11H2,1-4H3. The molecule has 0 spiro atoms. The van der Waals surface area contributed by atoms with Crippen molar-refractivity contribution in [1.82, 2.24) is 5.32 Å². The molecule has 0 bridgehead atoms. The Bertz CT molecular complexity index is 343. The third kappa shape index (κ3) is 5.32. The zero-order valence-corrected chi connectivity index (χ0v) is 12.7. The number of benzene rings is 1. The van der Waals surface area contributed by atoms with Crippen molar-refractivity contribution in [3.05, 3.63) is 29.8 Å². The maximum absolute atomic E-state index is 5.38. The lowest BCUT2D eigenvalue weighted by Gasteiger charge is -2.20. The van der Waals surface area contributed by atoms with Crippen molar-refractivity contribution < 1.29 is 4.74 Å². The minimum absolute atomic E-state index is 0.471. The molecule has 1 rings (SSSR count). The summed E-state index contributed by atoms with van der Waals surface area (Å²) in [6.07, 6.45) is 4.38. The number of hydrogen-bond acceptors (Lipinski definition) is 3. The van der Waals surface area contributed by atoms with Crippen LogP contribution in [0.2, 0.25) is 0 Å². The molecule has 0 saturated heterocycles. The largest absolute Gasteiger partial charge is 0.496 e. The van der Waals surface area contributed by atoms with E-state index in [1.807, 2.05) is 23.9 Å². The van der Waals surface area contributed by atoms with E-state index in [4.69, 9.17) is 4.74 Å². The number of thioether (sulfide) groups is 1. The molecule has 1 aromatic rings. The molecule has 0 aliphatic rings. The van der Waals surface area contributed by atoms with Crippen LogP contribution in [0.25, 0.3) is 0 Å². The zero-order valence-electron chi connectivity index (χ0n) is 11.9. The second kappa shape index (κ2) is 8.44. The maximum Gasteiger partial charge on any atom is 0.122 e. The summed E-state index contributed by atoms with van der Waals surface area (Å²) in [6.45, 7) is 4.50. The lowest BCUT2D eigenvalue weighted by molar-refractivity contribution is 0.402. The van der Waals surface area contributed by atoms with Gasteiger partial charge in [-0.3, -0.25) is 0 Å². The first-order valence-electron chi connectivity index (χ1n) is 6.54. The third-order valence-corrected chi connectivity index (χ3v) is 3.69. The molecule has 0 heterocycles. The van der Waals surface area contributed by atoms with Gasteiger partial charge in [0.1, 0.15) is 5.75 Å². The monoisotopic (exact) mass is 267 g/mol. The fourth-order valence-electron chi connectivity index (χ4n) is 2.12. The lowest BCUT2D eigenvalue weighted by Crippen LogP contribution is -2.36. The Kier molecular flexibility index (Phi) is 7.21. The Labute approximate surface area is 116 Å².